The van der Waals surface area contributed by atoms with Crippen LogP contribution in [0, 0.1) is 0 Å². The second kappa shape index (κ2) is 14.3. The Morgan fingerprint density at radius 2 is 0.741 bits per heavy atom. The molecule has 0 bridgehead atoms. The van der Waals surface area contributed by atoms with Crippen molar-refractivity contribution in [3.63, 3.8) is 0 Å². The third-order valence-electron chi connectivity index (χ3n) is 7.99. The number of phenols is 2. The summed E-state index contributed by atoms with van der Waals surface area (Å²) in [5, 5.41) is 30.3. The quantitative estimate of drug-likeness (QED) is 0.0753. The van der Waals surface area contributed by atoms with Crippen LogP contribution in [0.2, 0.25) is 0 Å². The first-order valence-electron chi connectivity index (χ1n) is 15.4. The van der Waals surface area contributed by atoms with E-state index in [1.165, 1.54) is 84.9 Å². The summed E-state index contributed by atoms with van der Waals surface area (Å²) in [5.41, 5.74) is 0.935. The van der Waals surface area contributed by atoms with Crippen LogP contribution < -0.4 is 21.3 Å². The van der Waals surface area contributed by atoms with Gasteiger partial charge in [0.2, 0.25) is 0 Å². The number of carbonyl (C=O) groups is 4. The molecular weight excluding hydrogens is 745 g/mol. The monoisotopic (exact) mass is 770 g/mol. The van der Waals surface area contributed by atoms with E-state index in [1.54, 1.807) is 0 Å². The van der Waals surface area contributed by atoms with E-state index in [-0.39, 0.29) is 66.9 Å². The van der Waals surface area contributed by atoms with Gasteiger partial charge < -0.3 is 31.5 Å². The largest absolute Gasteiger partial charge is 0.507 e. The van der Waals surface area contributed by atoms with Gasteiger partial charge in [0.15, 0.2) is 0 Å². The number of rotatable bonds is 8. The summed E-state index contributed by atoms with van der Waals surface area (Å²) in [6.07, 6.45) is 0. The highest BCUT2D eigenvalue weighted by atomic mass is 32.2. The first-order chi connectivity index (χ1) is 25.5. The molecule has 0 unspecified atom stereocenters. The van der Waals surface area contributed by atoms with Gasteiger partial charge in [-0.05, 0) is 109 Å². The minimum atomic E-state index is -4.63. The summed E-state index contributed by atoms with van der Waals surface area (Å²) < 4.78 is 66.3. The molecule has 6 rings (SSSR count). The average Bonchev–Trinajstić information content (AvgIpc) is 3.11. The number of carbonyl (C=O) groups excluding carboxylic acids is 4. The molecule has 0 spiro atoms. The predicted molar refractivity (Wildman–Crippen MR) is 197 cm³/mol. The Bertz CT molecular complexity index is 2560. The van der Waals surface area contributed by atoms with Crippen molar-refractivity contribution in [2.24, 2.45) is 0 Å². The number of fused-ring (bicyclic) bond motifs is 2. The van der Waals surface area contributed by atoms with Crippen LogP contribution in [0.1, 0.15) is 20.7 Å². The van der Waals surface area contributed by atoms with Gasteiger partial charge in [0.1, 0.15) is 21.3 Å². The number of hydrogen-bond donors (Lipinski definition) is 8. The van der Waals surface area contributed by atoms with Gasteiger partial charge in [0.25, 0.3) is 32.1 Å². The first-order valence-corrected chi connectivity index (χ1v) is 18.3. The van der Waals surface area contributed by atoms with Crippen LogP contribution in [0.25, 0.3) is 21.5 Å². The maximum absolute atomic E-state index is 12.9. The van der Waals surface area contributed by atoms with Crippen molar-refractivity contribution < 1.29 is 55.3 Å². The lowest BCUT2D eigenvalue weighted by atomic mass is 10.1. The van der Waals surface area contributed by atoms with Gasteiger partial charge in [-0.25, -0.2) is 0 Å². The molecule has 4 amide bonds. The number of phenolic OH excluding ortho intramolecular Hbond substituents is 2. The van der Waals surface area contributed by atoms with Gasteiger partial charge >= 0.3 is 11.8 Å². The third-order valence-corrected chi connectivity index (χ3v) is 9.82. The standard InChI is InChI=1S/C36H26N4O12S2/c41-29-13-15-31(53(47,48)49)27-17-23(9-11-25(27)29)39-33(43)19-1-5-21(6-2-19)37-35(45)36(46)38-22-7-3-20(4-8-22)34(44)40-24-10-12-26-28(18-24)32(54(50,51)52)16-14-30(26)42/h1-18,41-42H,(H,37,45)(H,38,46)(H,39,43)(H,40,44)(H,47,48,49)(H,50,51,52). The summed E-state index contributed by atoms with van der Waals surface area (Å²) >= 11 is 0. The molecule has 274 valence electrons. The second-order valence-corrected chi connectivity index (χ2v) is 14.4. The van der Waals surface area contributed by atoms with Crippen molar-refractivity contribution in [3.8, 4) is 11.5 Å². The molecule has 0 fully saturated rings. The van der Waals surface area contributed by atoms with Crippen LogP contribution in [-0.4, -0.2) is 59.8 Å². The van der Waals surface area contributed by atoms with Crippen molar-refractivity contribution in [2.75, 3.05) is 21.3 Å². The smallest absolute Gasteiger partial charge is 0.314 e. The van der Waals surface area contributed by atoms with E-state index in [9.17, 15) is 55.3 Å². The Morgan fingerprint density at radius 3 is 1.07 bits per heavy atom. The minimum Gasteiger partial charge on any atom is -0.507 e. The van der Waals surface area contributed by atoms with Crippen molar-refractivity contribution in [1.82, 2.24) is 0 Å². The van der Waals surface area contributed by atoms with Crippen molar-refractivity contribution in [1.29, 1.82) is 0 Å². The molecule has 18 heteroatoms. The molecule has 0 aliphatic rings. The Labute approximate surface area is 305 Å². The van der Waals surface area contributed by atoms with Crippen LogP contribution in [0.5, 0.6) is 11.5 Å². The summed E-state index contributed by atoms with van der Waals surface area (Å²) in [6, 6.07) is 23.3. The Hall–Kier alpha value is -6.86. The number of nitrogens with one attached hydrogen (secondary N) is 4. The van der Waals surface area contributed by atoms with Crippen molar-refractivity contribution in [3.05, 3.63) is 120 Å². The molecule has 0 radical (unpaired) electrons. The fourth-order valence-corrected chi connectivity index (χ4v) is 6.78. The van der Waals surface area contributed by atoms with Gasteiger partial charge in [0, 0.05) is 55.4 Å². The summed E-state index contributed by atoms with van der Waals surface area (Å²) in [6.45, 7) is 0. The van der Waals surface area contributed by atoms with Crippen LogP contribution in [0.3, 0.4) is 0 Å². The normalized spacial score (nSPS) is 11.5. The highest BCUT2D eigenvalue weighted by Gasteiger charge is 2.20. The molecule has 0 aliphatic heterocycles. The van der Waals surface area contributed by atoms with E-state index < -0.39 is 53.7 Å². The van der Waals surface area contributed by atoms with Crippen LogP contribution in [0.15, 0.2) is 119 Å². The average molecular weight is 771 g/mol. The van der Waals surface area contributed by atoms with Crippen LogP contribution >= 0.6 is 0 Å². The van der Waals surface area contributed by atoms with E-state index in [0.717, 1.165) is 24.3 Å². The van der Waals surface area contributed by atoms with E-state index in [0.29, 0.717) is 0 Å². The molecule has 8 N–H and O–H groups in total. The topological polar surface area (TPSA) is 266 Å². The van der Waals surface area contributed by atoms with Crippen molar-refractivity contribution in [2.45, 2.75) is 9.79 Å². The van der Waals surface area contributed by atoms with Gasteiger partial charge in [-0.3, -0.25) is 28.3 Å². The molecule has 0 heterocycles. The maximum Gasteiger partial charge on any atom is 0.314 e. The van der Waals surface area contributed by atoms with Gasteiger partial charge in [-0.15, -0.1) is 0 Å². The SMILES string of the molecule is O=C(Nc1ccc(C(=O)Nc2ccc3c(O)ccc(S(=O)(=O)O)c3c2)cc1)C(=O)Nc1ccc(C(=O)Nc2ccc3c(O)ccc(S(=O)(=O)O)c3c2)cc1. The molecule has 0 aromatic heterocycles. The number of anilines is 4. The first kappa shape index (κ1) is 36.9. The third kappa shape index (κ3) is 7.96. The highest BCUT2D eigenvalue weighted by molar-refractivity contribution is 7.86. The number of hydrogen-bond acceptors (Lipinski definition) is 10. The number of amides is 4. The molecule has 54 heavy (non-hydrogen) atoms. The number of benzene rings is 6. The lowest BCUT2D eigenvalue weighted by Gasteiger charge is -2.11. The molecule has 6 aromatic carbocycles. The molecule has 0 atom stereocenters. The minimum absolute atomic E-state index is 0.0191. The lowest BCUT2D eigenvalue weighted by molar-refractivity contribution is -0.132. The predicted octanol–water partition coefficient (Wildman–Crippen LogP) is 4.98. The summed E-state index contributed by atoms with van der Waals surface area (Å²) in [7, 11) is -9.27. The summed E-state index contributed by atoms with van der Waals surface area (Å²) in [4.78, 5) is 50.0. The molecule has 6 aromatic rings. The van der Waals surface area contributed by atoms with Crippen LogP contribution in [0.4, 0.5) is 22.7 Å². The second-order valence-electron chi connectivity index (χ2n) is 11.6. The van der Waals surface area contributed by atoms with Crippen molar-refractivity contribution >= 4 is 88.2 Å². The fourth-order valence-electron chi connectivity index (χ4n) is 5.41. The fraction of sp³-hybridized carbons (Fsp3) is 0. The molecule has 16 nitrogen and oxygen atoms in total. The Kier molecular flexibility index (Phi) is 9.76. The van der Waals surface area contributed by atoms with E-state index in [2.05, 4.69) is 21.3 Å². The highest BCUT2D eigenvalue weighted by Crippen LogP contribution is 2.34. The molecule has 0 aliphatic carbocycles. The number of aromatic hydroxyl groups is 2. The van der Waals surface area contributed by atoms with Gasteiger partial charge in [-0.2, -0.15) is 16.8 Å². The zero-order valence-corrected chi connectivity index (χ0v) is 28.9. The Morgan fingerprint density at radius 1 is 0.407 bits per heavy atom. The van der Waals surface area contributed by atoms with Crippen LogP contribution in [-0.2, 0) is 29.8 Å². The molecular formula is C36H26N4O12S2. The maximum atomic E-state index is 12.9. The Balaban J connectivity index is 1.05. The van der Waals surface area contributed by atoms with Gasteiger partial charge in [-0.1, -0.05) is 0 Å². The summed E-state index contributed by atoms with van der Waals surface area (Å²) in [5.74, 6) is -3.78. The van der Waals surface area contributed by atoms with Gasteiger partial charge in [0.05, 0.1) is 0 Å². The zero-order valence-electron chi connectivity index (χ0n) is 27.3. The molecule has 0 saturated heterocycles. The molecule has 0 saturated carbocycles. The lowest BCUT2D eigenvalue weighted by Crippen LogP contribution is -2.29. The van der Waals surface area contributed by atoms with E-state index >= 15 is 0 Å². The van der Waals surface area contributed by atoms with E-state index in [4.69, 9.17) is 0 Å². The van der Waals surface area contributed by atoms with E-state index in [1.807, 2.05) is 0 Å². The zero-order chi connectivity index (χ0) is 38.9.